The fraction of sp³-hybridized carbons (Fsp3) is 0.300. The van der Waals surface area contributed by atoms with Crippen LogP contribution in [0.15, 0.2) is 28.9 Å². The average Bonchev–Trinajstić information content (AvgIpc) is 3.04. The number of ether oxygens (including phenoxy) is 2. The van der Waals surface area contributed by atoms with Crippen molar-refractivity contribution >= 4 is 39.3 Å². The maximum absolute atomic E-state index is 14.7. The SMILES string of the molecule is COC(=O)N1CCO[C@@H](Cc2c(-c3c(F)cc(Br)cc3F)nc3cc(Cl)c(F)cn23)C1. The fourth-order valence-corrected chi connectivity index (χ4v) is 4.15. The van der Waals surface area contributed by atoms with E-state index in [4.69, 9.17) is 21.1 Å². The topological polar surface area (TPSA) is 56.1 Å². The highest BCUT2D eigenvalue weighted by molar-refractivity contribution is 9.10. The Labute approximate surface area is 188 Å². The molecule has 4 rings (SSSR count). The maximum atomic E-state index is 14.7. The van der Waals surface area contributed by atoms with E-state index in [1.54, 1.807) is 0 Å². The molecule has 2 aromatic heterocycles. The molecule has 11 heteroatoms. The molecule has 1 saturated heterocycles. The Morgan fingerprint density at radius 3 is 2.68 bits per heavy atom. The van der Waals surface area contributed by atoms with Crippen LogP contribution in [0.1, 0.15) is 5.69 Å². The van der Waals surface area contributed by atoms with E-state index in [1.807, 2.05) is 0 Å². The van der Waals surface area contributed by atoms with Gasteiger partial charge in [0.25, 0.3) is 0 Å². The quantitative estimate of drug-likeness (QED) is 0.498. The number of halogens is 5. The third-order valence-corrected chi connectivity index (χ3v) is 5.75. The number of benzene rings is 1. The lowest BCUT2D eigenvalue weighted by molar-refractivity contribution is -0.0241. The number of amides is 1. The molecule has 6 nitrogen and oxygen atoms in total. The van der Waals surface area contributed by atoms with E-state index in [0.717, 1.165) is 18.3 Å². The molecule has 1 aliphatic heterocycles. The van der Waals surface area contributed by atoms with Gasteiger partial charge in [-0.25, -0.2) is 22.9 Å². The van der Waals surface area contributed by atoms with Gasteiger partial charge in [-0.3, -0.25) is 0 Å². The number of aromatic nitrogens is 2. The van der Waals surface area contributed by atoms with Crippen LogP contribution in [-0.2, 0) is 15.9 Å². The Morgan fingerprint density at radius 2 is 2.00 bits per heavy atom. The van der Waals surface area contributed by atoms with Crippen LogP contribution in [0, 0.1) is 17.5 Å². The van der Waals surface area contributed by atoms with Crippen molar-refractivity contribution < 1.29 is 27.4 Å². The third-order valence-electron chi connectivity index (χ3n) is 5.00. The second-order valence-electron chi connectivity index (χ2n) is 6.96. The highest BCUT2D eigenvalue weighted by atomic mass is 79.9. The number of rotatable bonds is 3. The normalized spacial score (nSPS) is 16.7. The van der Waals surface area contributed by atoms with E-state index in [9.17, 15) is 18.0 Å². The van der Waals surface area contributed by atoms with Crippen molar-refractivity contribution in [2.45, 2.75) is 12.5 Å². The first kappa shape index (κ1) is 21.9. The van der Waals surface area contributed by atoms with E-state index in [-0.39, 0.29) is 46.0 Å². The largest absolute Gasteiger partial charge is 0.453 e. The zero-order chi connectivity index (χ0) is 22.3. The minimum absolute atomic E-state index is 0.00274. The molecule has 0 bridgehead atoms. The van der Waals surface area contributed by atoms with Gasteiger partial charge in [0.15, 0.2) is 5.82 Å². The lowest BCUT2D eigenvalue weighted by Crippen LogP contribution is -2.46. The van der Waals surface area contributed by atoms with E-state index in [0.29, 0.717) is 12.2 Å². The van der Waals surface area contributed by atoms with Crippen molar-refractivity contribution in [2.75, 3.05) is 26.8 Å². The number of fused-ring (bicyclic) bond motifs is 1. The van der Waals surface area contributed by atoms with Gasteiger partial charge in [0.05, 0.1) is 48.3 Å². The lowest BCUT2D eigenvalue weighted by atomic mass is 10.0. The van der Waals surface area contributed by atoms with Gasteiger partial charge >= 0.3 is 6.09 Å². The molecule has 3 heterocycles. The van der Waals surface area contributed by atoms with Crippen LogP contribution in [0.2, 0.25) is 5.02 Å². The van der Waals surface area contributed by atoms with E-state index >= 15 is 0 Å². The van der Waals surface area contributed by atoms with Crippen LogP contribution >= 0.6 is 27.5 Å². The number of nitrogens with zero attached hydrogens (tertiary/aromatic N) is 3. The molecule has 1 amide bonds. The van der Waals surface area contributed by atoms with Crippen molar-refractivity contribution in [3.63, 3.8) is 0 Å². The van der Waals surface area contributed by atoms with E-state index < -0.39 is 29.6 Å². The summed E-state index contributed by atoms with van der Waals surface area (Å²) < 4.78 is 55.8. The molecule has 0 aliphatic carbocycles. The molecule has 0 N–H and O–H groups in total. The van der Waals surface area contributed by atoms with Crippen molar-refractivity contribution in [3.8, 4) is 11.3 Å². The third kappa shape index (κ3) is 4.24. The van der Waals surface area contributed by atoms with Crippen molar-refractivity contribution in [2.24, 2.45) is 0 Å². The van der Waals surface area contributed by atoms with Crippen molar-refractivity contribution in [1.29, 1.82) is 0 Å². The second-order valence-corrected chi connectivity index (χ2v) is 8.28. The van der Waals surface area contributed by atoms with Crippen LogP contribution in [0.4, 0.5) is 18.0 Å². The molecule has 1 aliphatic rings. The van der Waals surface area contributed by atoms with Gasteiger partial charge < -0.3 is 18.8 Å². The summed E-state index contributed by atoms with van der Waals surface area (Å²) in [5, 5.41) is -0.168. The molecule has 0 spiro atoms. The first-order valence-corrected chi connectivity index (χ1v) is 10.4. The minimum atomic E-state index is -0.830. The summed E-state index contributed by atoms with van der Waals surface area (Å²) in [6.45, 7) is 0.803. The minimum Gasteiger partial charge on any atom is -0.453 e. The highest BCUT2D eigenvalue weighted by Gasteiger charge is 2.29. The maximum Gasteiger partial charge on any atom is 0.409 e. The van der Waals surface area contributed by atoms with Crippen LogP contribution in [0.25, 0.3) is 16.9 Å². The van der Waals surface area contributed by atoms with Gasteiger partial charge in [-0.15, -0.1) is 0 Å². The summed E-state index contributed by atoms with van der Waals surface area (Å²) in [5.41, 5.74) is 0.197. The summed E-state index contributed by atoms with van der Waals surface area (Å²) in [6, 6.07) is 3.52. The zero-order valence-corrected chi connectivity index (χ0v) is 18.5. The summed E-state index contributed by atoms with van der Waals surface area (Å²) in [6.07, 6.45) is 0.195. The van der Waals surface area contributed by atoms with Crippen LogP contribution < -0.4 is 0 Å². The molecule has 0 radical (unpaired) electrons. The fourth-order valence-electron chi connectivity index (χ4n) is 3.61. The first-order valence-electron chi connectivity index (χ1n) is 9.24. The van der Waals surface area contributed by atoms with Gasteiger partial charge in [0.2, 0.25) is 0 Å². The van der Waals surface area contributed by atoms with Crippen molar-refractivity contribution in [1.82, 2.24) is 14.3 Å². The average molecular weight is 519 g/mol. The predicted octanol–water partition coefficient (Wildman–Crippen LogP) is 4.84. The Kier molecular flexibility index (Phi) is 6.14. The first-order chi connectivity index (χ1) is 14.8. The standard InChI is InChI=1S/C20H16BrClF3N3O3/c1-30-20(29)27-2-3-31-11(8-27)6-16-19(18-13(23)4-10(21)5-14(18)24)26-17-7-12(22)15(25)9-28(16)17/h4-5,7,9,11H,2-3,6,8H2,1H3/t11-/m0/s1. The Hall–Kier alpha value is -2.30. The van der Waals surface area contributed by atoms with Gasteiger partial charge in [0, 0.05) is 29.7 Å². The number of carbonyl (C=O) groups excluding carboxylic acids is 1. The van der Waals surface area contributed by atoms with Gasteiger partial charge in [-0.2, -0.15) is 0 Å². The Balaban J connectivity index is 1.82. The molecule has 1 aromatic carbocycles. The molecule has 0 unspecified atom stereocenters. The van der Waals surface area contributed by atoms with E-state index in [1.165, 1.54) is 22.5 Å². The van der Waals surface area contributed by atoms with Crippen LogP contribution in [-0.4, -0.2) is 53.3 Å². The lowest BCUT2D eigenvalue weighted by Gasteiger charge is -2.32. The summed E-state index contributed by atoms with van der Waals surface area (Å²) in [7, 11) is 1.28. The van der Waals surface area contributed by atoms with Crippen LogP contribution in [0.3, 0.4) is 0 Å². The summed E-state index contributed by atoms with van der Waals surface area (Å²) in [4.78, 5) is 17.7. The van der Waals surface area contributed by atoms with Gasteiger partial charge in [-0.05, 0) is 12.1 Å². The summed E-state index contributed by atoms with van der Waals surface area (Å²) >= 11 is 8.93. The monoisotopic (exact) mass is 517 g/mol. The van der Waals surface area contributed by atoms with Gasteiger partial charge in [0.1, 0.15) is 17.3 Å². The smallest absolute Gasteiger partial charge is 0.409 e. The Morgan fingerprint density at radius 1 is 1.29 bits per heavy atom. The number of pyridine rings is 1. The second kappa shape index (κ2) is 8.68. The predicted molar refractivity (Wildman–Crippen MR) is 111 cm³/mol. The number of imidazole rings is 1. The number of hydrogen-bond donors (Lipinski definition) is 0. The number of morpholine rings is 1. The number of carbonyl (C=O) groups is 1. The number of hydrogen-bond acceptors (Lipinski definition) is 4. The zero-order valence-electron chi connectivity index (χ0n) is 16.2. The Bertz CT molecular complexity index is 1150. The van der Waals surface area contributed by atoms with Crippen LogP contribution in [0.5, 0.6) is 0 Å². The molecule has 1 fully saturated rings. The molecule has 0 saturated carbocycles. The highest BCUT2D eigenvalue weighted by Crippen LogP contribution is 2.33. The van der Waals surface area contributed by atoms with E-state index in [2.05, 4.69) is 20.9 Å². The molecular formula is C20H16BrClF3N3O3. The summed E-state index contributed by atoms with van der Waals surface area (Å²) in [5.74, 6) is -2.37. The number of methoxy groups -OCH3 is 1. The molecule has 31 heavy (non-hydrogen) atoms. The molecule has 3 aromatic rings. The van der Waals surface area contributed by atoms with Crippen molar-refractivity contribution in [3.05, 3.63) is 57.0 Å². The molecular weight excluding hydrogens is 503 g/mol. The molecule has 164 valence electrons. The van der Waals surface area contributed by atoms with Gasteiger partial charge in [-0.1, -0.05) is 27.5 Å². The molecule has 1 atom stereocenters.